The van der Waals surface area contributed by atoms with Crippen LogP contribution in [0.5, 0.6) is 11.5 Å². The molecule has 0 aliphatic rings. The SMILES string of the molecule is CCOc1cncc(C(O)c2cc(Cl)ccc2OC)c1. The third-order valence-electron chi connectivity index (χ3n) is 2.85. The number of pyridine rings is 1. The molecule has 4 nitrogen and oxygen atoms in total. The summed E-state index contributed by atoms with van der Waals surface area (Å²) >= 11 is 5.98. The third kappa shape index (κ3) is 3.21. The van der Waals surface area contributed by atoms with Crippen molar-refractivity contribution in [2.75, 3.05) is 13.7 Å². The zero-order chi connectivity index (χ0) is 14.5. The molecule has 1 aromatic heterocycles. The summed E-state index contributed by atoms with van der Waals surface area (Å²) < 4.78 is 10.6. The van der Waals surface area contributed by atoms with Gasteiger partial charge in [0.1, 0.15) is 17.6 Å². The van der Waals surface area contributed by atoms with Gasteiger partial charge in [0.15, 0.2) is 0 Å². The van der Waals surface area contributed by atoms with Gasteiger partial charge in [0.25, 0.3) is 0 Å². The fourth-order valence-electron chi connectivity index (χ4n) is 1.93. The normalized spacial score (nSPS) is 12.0. The predicted molar refractivity (Wildman–Crippen MR) is 77.5 cm³/mol. The molecule has 0 aliphatic carbocycles. The van der Waals surface area contributed by atoms with Crippen LogP contribution in [0.3, 0.4) is 0 Å². The third-order valence-corrected chi connectivity index (χ3v) is 3.08. The van der Waals surface area contributed by atoms with Gasteiger partial charge >= 0.3 is 0 Å². The van der Waals surface area contributed by atoms with E-state index in [2.05, 4.69) is 4.98 Å². The van der Waals surface area contributed by atoms with Crippen LogP contribution in [0.4, 0.5) is 0 Å². The minimum absolute atomic E-state index is 0.536. The zero-order valence-corrected chi connectivity index (χ0v) is 12.1. The molecule has 1 aromatic carbocycles. The Morgan fingerprint density at radius 1 is 1.30 bits per heavy atom. The summed E-state index contributed by atoms with van der Waals surface area (Å²) in [4.78, 5) is 4.07. The Hall–Kier alpha value is -1.78. The first kappa shape index (κ1) is 14.6. The Balaban J connectivity index is 2.37. The molecule has 0 fully saturated rings. The highest BCUT2D eigenvalue weighted by molar-refractivity contribution is 6.30. The monoisotopic (exact) mass is 293 g/mol. The van der Waals surface area contributed by atoms with Gasteiger partial charge in [-0.1, -0.05) is 11.6 Å². The molecule has 1 atom stereocenters. The summed E-state index contributed by atoms with van der Waals surface area (Å²) in [5.74, 6) is 1.19. The number of aromatic nitrogens is 1. The molecule has 5 heteroatoms. The lowest BCUT2D eigenvalue weighted by molar-refractivity contribution is 0.213. The maximum atomic E-state index is 10.5. The lowest BCUT2D eigenvalue weighted by Gasteiger charge is -2.16. The zero-order valence-electron chi connectivity index (χ0n) is 11.3. The van der Waals surface area contributed by atoms with E-state index in [-0.39, 0.29) is 0 Å². The minimum atomic E-state index is -0.878. The number of methoxy groups -OCH3 is 1. The standard InChI is InChI=1S/C15H16ClNO3/c1-3-20-12-6-10(8-17-9-12)15(18)13-7-11(16)4-5-14(13)19-2/h4-9,15,18H,3H2,1-2H3. The molecule has 0 aliphatic heterocycles. The smallest absolute Gasteiger partial charge is 0.137 e. The van der Waals surface area contributed by atoms with Crippen LogP contribution in [0, 0.1) is 0 Å². The Labute approximate surface area is 122 Å². The Kier molecular flexibility index (Phi) is 4.82. The maximum Gasteiger partial charge on any atom is 0.137 e. The van der Waals surface area contributed by atoms with E-state index in [1.807, 2.05) is 6.92 Å². The van der Waals surface area contributed by atoms with Gasteiger partial charge in [-0.3, -0.25) is 4.98 Å². The van der Waals surface area contributed by atoms with Gasteiger partial charge in [-0.05, 0) is 31.2 Å². The first-order valence-corrected chi connectivity index (χ1v) is 6.62. The van der Waals surface area contributed by atoms with Crippen LogP contribution in [0.25, 0.3) is 0 Å². The molecule has 20 heavy (non-hydrogen) atoms. The minimum Gasteiger partial charge on any atom is -0.496 e. The van der Waals surface area contributed by atoms with E-state index in [9.17, 15) is 5.11 Å². The molecule has 0 saturated carbocycles. The molecule has 1 unspecified atom stereocenters. The molecule has 0 radical (unpaired) electrons. The number of hydrogen-bond donors (Lipinski definition) is 1. The van der Waals surface area contributed by atoms with Gasteiger partial charge in [0.05, 0.1) is 19.9 Å². The number of rotatable bonds is 5. The van der Waals surface area contributed by atoms with Gasteiger partial charge in [0.2, 0.25) is 0 Å². The molecular weight excluding hydrogens is 278 g/mol. The van der Waals surface area contributed by atoms with E-state index < -0.39 is 6.10 Å². The van der Waals surface area contributed by atoms with E-state index in [0.29, 0.717) is 34.3 Å². The van der Waals surface area contributed by atoms with Crippen LogP contribution in [0.2, 0.25) is 5.02 Å². The van der Waals surface area contributed by atoms with Crippen molar-refractivity contribution in [3.63, 3.8) is 0 Å². The molecule has 106 valence electrons. The Morgan fingerprint density at radius 3 is 2.80 bits per heavy atom. The second kappa shape index (κ2) is 6.59. The molecule has 2 rings (SSSR count). The van der Waals surface area contributed by atoms with Gasteiger partial charge in [-0.2, -0.15) is 0 Å². The van der Waals surface area contributed by atoms with Crippen molar-refractivity contribution >= 4 is 11.6 Å². The predicted octanol–water partition coefficient (Wildman–Crippen LogP) is 3.22. The molecule has 0 amide bonds. The van der Waals surface area contributed by atoms with E-state index in [1.165, 1.54) is 0 Å². The van der Waals surface area contributed by atoms with Crippen LogP contribution < -0.4 is 9.47 Å². The Morgan fingerprint density at radius 2 is 2.10 bits per heavy atom. The van der Waals surface area contributed by atoms with Crippen molar-refractivity contribution in [3.8, 4) is 11.5 Å². The maximum absolute atomic E-state index is 10.5. The second-order valence-electron chi connectivity index (χ2n) is 4.18. The number of ether oxygens (including phenoxy) is 2. The summed E-state index contributed by atoms with van der Waals surface area (Å²) in [6.45, 7) is 2.44. The number of halogens is 1. The number of hydrogen-bond acceptors (Lipinski definition) is 4. The van der Waals surface area contributed by atoms with Crippen LogP contribution in [0.1, 0.15) is 24.2 Å². The molecule has 0 bridgehead atoms. The largest absolute Gasteiger partial charge is 0.496 e. The molecule has 1 N–H and O–H groups in total. The molecule has 2 aromatic rings. The van der Waals surface area contributed by atoms with Crippen molar-refractivity contribution in [1.29, 1.82) is 0 Å². The highest BCUT2D eigenvalue weighted by Crippen LogP contribution is 2.32. The fourth-order valence-corrected chi connectivity index (χ4v) is 2.11. The summed E-state index contributed by atoms with van der Waals surface area (Å²) in [5.41, 5.74) is 1.21. The van der Waals surface area contributed by atoms with Crippen molar-refractivity contribution < 1.29 is 14.6 Å². The van der Waals surface area contributed by atoms with Gasteiger partial charge < -0.3 is 14.6 Å². The molecule has 1 heterocycles. The van der Waals surface area contributed by atoms with Crippen LogP contribution >= 0.6 is 11.6 Å². The van der Waals surface area contributed by atoms with Gasteiger partial charge in [-0.15, -0.1) is 0 Å². The molecule has 0 spiro atoms. The summed E-state index contributed by atoms with van der Waals surface area (Å²) in [7, 11) is 1.55. The number of aliphatic hydroxyl groups is 1. The van der Waals surface area contributed by atoms with E-state index in [0.717, 1.165) is 0 Å². The first-order valence-electron chi connectivity index (χ1n) is 6.25. The number of benzene rings is 1. The summed E-state index contributed by atoms with van der Waals surface area (Å²) in [6, 6.07) is 6.87. The highest BCUT2D eigenvalue weighted by Gasteiger charge is 2.17. The van der Waals surface area contributed by atoms with Crippen molar-refractivity contribution in [1.82, 2.24) is 4.98 Å². The molecular formula is C15H16ClNO3. The Bertz CT molecular complexity index is 589. The first-order chi connectivity index (χ1) is 9.65. The topological polar surface area (TPSA) is 51.6 Å². The van der Waals surface area contributed by atoms with Crippen molar-refractivity contribution in [2.45, 2.75) is 13.0 Å². The van der Waals surface area contributed by atoms with E-state index in [4.69, 9.17) is 21.1 Å². The fraction of sp³-hybridized carbons (Fsp3) is 0.267. The summed E-state index contributed by atoms with van der Waals surface area (Å²) in [5, 5.41) is 11.0. The average Bonchev–Trinajstić information content (AvgIpc) is 2.47. The van der Waals surface area contributed by atoms with E-state index >= 15 is 0 Å². The molecule has 0 saturated heterocycles. The van der Waals surface area contributed by atoms with Gasteiger partial charge in [-0.25, -0.2) is 0 Å². The van der Waals surface area contributed by atoms with Crippen LogP contribution in [0.15, 0.2) is 36.7 Å². The average molecular weight is 294 g/mol. The number of nitrogens with zero attached hydrogens (tertiary/aromatic N) is 1. The summed E-state index contributed by atoms with van der Waals surface area (Å²) in [6.07, 6.45) is 2.32. The van der Waals surface area contributed by atoms with Crippen LogP contribution in [-0.4, -0.2) is 23.8 Å². The quantitative estimate of drug-likeness (QED) is 0.919. The van der Waals surface area contributed by atoms with Crippen molar-refractivity contribution in [2.24, 2.45) is 0 Å². The van der Waals surface area contributed by atoms with E-state index in [1.54, 1.807) is 43.8 Å². The second-order valence-corrected chi connectivity index (χ2v) is 4.61. The van der Waals surface area contributed by atoms with Gasteiger partial charge in [0, 0.05) is 22.3 Å². The lowest BCUT2D eigenvalue weighted by atomic mass is 10.0. The highest BCUT2D eigenvalue weighted by atomic mass is 35.5. The van der Waals surface area contributed by atoms with Crippen molar-refractivity contribution in [3.05, 3.63) is 52.8 Å². The number of aliphatic hydroxyl groups excluding tert-OH is 1. The lowest BCUT2D eigenvalue weighted by Crippen LogP contribution is -2.04. The van der Waals surface area contributed by atoms with Crippen LogP contribution in [-0.2, 0) is 0 Å².